The number of amides is 1. The lowest BCUT2D eigenvalue weighted by Gasteiger charge is -2.13. The van der Waals surface area contributed by atoms with Gasteiger partial charge in [0.25, 0.3) is 5.91 Å². The predicted octanol–water partition coefficient (Wildman–Crippen LogP) is 7.35. The number of oxazole rings is 1. The van der Waals surface area contributed by atoms with E-state index in [1.54, 1.807) is 18.2 Å². The number of rotatable bonds is 3. The maximum absolute atomic E-state index is 13.0. The molecule has 5 nitrogen and oxygen atoms in total. The molecule has 0 bridgehead atoms. The van der Waals surface area contributed by atoms with Crippen molar-refractivity contribution < 1.29 is 9.21 Å². The number of aromatic nitrogens is 1. The van der Waals surface area contributed by atoms with E-state index < -0.39 is 0 Å². The van der Waals surface area contributed by atoms with Crippen LogP contribution >= 0.6 is 23.8 Å². The van der Waals surface area contributed by atoms with Crippen molar-refractivity contribution >= 4 is 62.4 Å². The number of hydrogen-bond acceptors (Lipinski definition) is 4. The summed E-state index contributed by atoms with van der Waals surface area (Å²) in [7, 11) is 0. The molecular weight excluding hydrogens is 478 g/mol. The summed E-state index contributed by atoms with van der Waals surface area (Å²) in [6.45, 7) is 6.01. The second-order valence-corrected chi connectivity index (χ2v) is 9.34. The van der Waals surface area contributed by atoms with Gasteiger partial charge in [0.15, 0.2) is 10.7 Å². The molecule has 0 fully saturated rings. The normalized spacial score (nSPS) is 11.1. The summed E-state index contributed by atoms with van der Waals surface area (Å²) in [5, 5.41) is 8.28. The van der Waals surface area contributed by atoms with Gasteiger partial charge in [-0.2, -0.15) is 0 Å². The Labute approximate surface area is 213 Å². The van der Waals surface area contributed by atoms with Gasteiger partial charge >= 0.3 is 0 Å². The summed E-state index contributed by atoms with van der Waals surface area (Å²) in [4.78, 5) is 17.7. The third kappa shape index (κ3) is 4.50. The maximum atomic E-state index is 13.0. The highest BCUT2D eigenvalue weighted by molar-refractivity contribution is 7.80. The fourth-order valence-corrected chi connectivity index (χ4v) is 4.62. The molecule has 35 heavy (non-hydrogen) atoms. The van der Waals surface area contributed by atoms with E-state index in [9.17, 15) is 4.79 Å². The van der Waals surface area contributed by atoms with Crippen molar-refractivity contribution in [2.24, 2.45) is 0 Å². The minimum absolute atomic E-state index is 0.193. The van der Waals surface area contributed by atoms with Crippen LogP contribution in [0.15, 0.2) is 71.1 Å². The Kier molecular flexibility index (Phi) is 6.01. The average molecular weight is 500 g/mol. The first kappa shape index (κ1) is 23.0. The van der Waals surface area contributed by atoms with E-state index in [4.69, 9.17) is 28.2 Å². The molecule has 5 rings (SSSR count). The van der Waals surface area contributed by atoms with Gasteiger partial charge in [0.05, 0.1) is 0 Å². The van der Waals surface area contributed by atoms with Gasteiger partial charge in [-0.1, -0.05) is 48.0 Å². The van der Waals surface area contributed by atoms with Crippen molar-refractivity contribution in [1.82, 2.24) is 10.3 Å². The van der Waals surface area contributed by atoms with Gasteiger partial charge in [-0.05, 0) is 85.4 Å². The zero-order valence-electron chi connectivity index (χ0n) is 19.4. The zero-order chi connectivity index (χ0) is 24.7. The quantitative estimate of drug-likeness (QED) is 0.254. The molecule has 7 heteroatoms. The summed E-state index contributed by atoms with van der Waals surface area (Å²) in [6.07, 6.45) is 0. The van der Waals surface area contributed by atoms with Gasteiger partial charge in [-0.15, -0.1) is 0 Å². The van der Waals surface area contributed by atoms with Crippen LogP contribution in [0.25, 0.3) is 33.3 Å². The molecule has 0 atom stereocenters. The summed E-state index contributed by atoms with van der Waals surface area (Å²) in [6, 6.07) is 20.8. The number of benzene rings is 4. The molecule has 0 aliphatic heterocycles. The van der Waals surface area contributed by atoms with Gasteiger partial charge in [0, 0.05) is 27.2 Å². The third-order valence-electron chi connectivity index (χ3n) is 5.89. The number of thiocarbonyl (C=S) groups is 1. The molecule has 2 N–H and O–H groups in total. The molecule has 0 aliphatic carbocycles. The second-order valence-electron chi connectivity index (χ2n) is 8.53. The van der Waals surface area contributed by atoms with Crippen molar-refractivity contribution in [3.63, 3.8) is 0 Å². The molecule has 0 aliphatic rings. The number of anilines is 1. The van der Waals surface area contributed by atoms with Crippen molar-refractivity contribution in [2.45, 2.75) is 20.8 Å². The van der Waals surface area contributed by atoms with Crippen LogP contribution in [0.3, 0.4) is 0 Å². The molecular formula is C28H22ClN3O2S. The van der Waals surface area contributed by atoms with E-state index >= 15 is 0 Å². The largest absolute Gasteiger partial charge is 0.436 e. The Balaban J connectivity index is 1.39. The number of carbonyl (C=O) groups is 1. The third-order valence-corrected chi connectivity index (χ3v) is 6.43. The minimum atomic E-state index is -0.311. The monoisotopic (exact) mass is 499 g/mol. The summed E-state index contributed by atoms with van der Waals surface area (Å²) in [5.41, 5.74) is 6.80. The lowest BCUT2D eigenvalue weighted by atomic mass is 10.0. The Bertz CT molecular complexity index is 1640. The van der Waals surface area contributed by atoms with Crippen LogP contribution in [0.4, 0.5) is 5.69 Å². The van der Waals surface area contributed by atoms with Crippen LogP contribution in [0.1, 0.15) is 27.0 Å². The van der Waals surface area contributed by atoms with Gasteiger partial charge < -0.3 is 9.73 Å². The second kappa shape index (κ2) is 9.13. The van der Waals surface area contributed by atoms with Crippen molar-refractivity contribution in [2.75, 3.05) is 5.32 Å². The van der Waals surface area contributed by atoms with Gasteiger partial charge in [0.1, 0.15) is 5.52 Å². The van der Waals surface area contributed by atoms with Crippen LogP contribution < -0.4 is 10.6 Å². The Morgan fingerprint density at radius 3 is 2.54 bits per heavy atom. The highest BCUT2D eigenvalue weighted by Gasteiger charge is 2.15. The fraction of sp³-hybridized carbons (Fsp3) is 0.107. The standard InChI is InChI=1S/C28H22ClN3O2S/c1-15-12-17(3)25-24(13-15)30-27(34-25)18-11-10-16(2)23(14-18)31-28(35)32-26(33)21-8-4-7-20-19(21)6-5-9-22(20)29/h4-14H,1-3H3,(H2,31,32,33,35). The number of nitrogens with zero attached hydrogens (tertiary/aromatic N) is 1. The topological polar surface area (TPSA) is 67.2 Å². The summed E-state index contributed by atoms with van der Waals surface area (Å²) >= 11 is 11.7. The number of nitrogens with one attached hydrogen (secondary N) is 2. The Hall–Kier alpha value is -3.74. The minimum Gasteiger partial charge on any atom is -0.436 e. The fourth-order valence-electron chi connectivity index (χ4n) is 4.18. The van der Waals surface area contributed by atoms with Gasteiger partial charge in [-0.25, -0.2) is 4.98 Å². The molecule has 0 unspecified atom stereocenters. The molecule has 0 saturated carbocycles. The Morgan fingerprint density at radius 2 is 1.71 bits per heavy atom. The van der Waals surface area contributed by atoms with E-state index in [0.717, 1.165) is 49.8 Å². The van der Waals surface area contributed by atoms with Crippen molar-refractivity contribution in [1.29, 1.82) is 0 Å². The first-order valence-corrected chi connectivity index (χ1v) is 11.9. The Morgan fingerprint density at radius 1 is 0.943 bits per heavy atom. The lowest BCUT2D eigenvalue weighted by molar-refractivity contribution is 0.0979. The molecule has 1 amide bonds. The molecule has 0 spiro atoms. The molecule has 174 valence electrons. The van der Waals surface area contributed by atoms with Gasteiger partial charge in [-0.3, -0.25) is 10.1 Å². The van der Waals surface area contributed by atoms with Crippen molar-refractivity contribution in [3.05, 3.63) is 94.0 Å². The molecule has 1 heterocycles. The molecule has 0 saturated heterocycles. The smallest absolute Gasteiger partial charge is 0.258 e. The molecule has 4 aromatic carbocycles. The van der Waals surface area contributed by atoms with Crippen LogP contribution in [0.5, 0.6) is 0 Å². The van der Waals surface area contributed by atoms with E-state index in [-0.39, 0.29) is 11.0 Å². The maximum Gasteiger partial charge on any atom is 0.258 e. The molecule has 5 aromatic rings. The molecule has 0 radical (unpaired) electrons. The first-order valence-electron chi connectivity index (χ1n) is 11.1. The zero-order valence-corrected chi connectivity index (χ0v) is 21.0. The van der Waals surface area contributed by atoms with Crippen LogP contribution in [0.2, 0.25) is 5.02 Å². The number of carbonyl (C=O) groups excluding carboxylic acids is 1. The van der Waals surface area contributed by atoms with E-state index in [1.807, 2.05) is 63.2 Å². The summed E-state index contributed by atoms with van der Waals surface area (Å²) in [5.74, 6) is 0.216. The van der Waals surface area contributed by atoms with E-state index in [1.165, 1.54) is 0 Å². The van der Waals surface area contributed by atoms with Crippen LogP contribution in [0, 0.1) is 20.8 Å². The van der Waals surface area contributed by atoms with Crippen LogP contribution in [-0.4, -0.2) is 16.0 Å². The van der Waals surface area contributed by atoms with Crippen LogP contribution in [-0.2, 0) is 0 Å². The number of halogens is 1. The highest BCUT2D eigenvalue weighted by atomic mass is 35.5. The predicted molar refractivity (Wildman–Crippen MR) is 146 cm³/mol. The molecule has 1 aromatic heterocycles. The van der Waals surface area contributed by atoms with Gasteiger partial charge in [0.2, 0.25) is 5.89 Å². The lowest BCUT2D eigenvalue weighted by Crippen LogP contribution is -2.34. The first-order chi connectivity index (χ1) is 16.8. The highest BCUT2D eigenvalue weighted by Crippen LogP contribution is 2.30. The number of aryl methyl sites for hydroxylation is 3. The average Bonchev–Trinajstić information content (AvgIpc) is 3.25. The van der Waals surface area contributed by atoms with E-state index in [2.05, 4.69) is 21.7 Å². The SMILES string of the molecule is Cc1cc(C)c2oc(-c3ccc(C)c(NC(=S)NC(=O)c4cccc5c(Cl)cccc45)c3)nc2c1. The number of hydrogen-bond donors (Lipinski definition) is 2. The number of fused-ring (bicyclic) bond motifs is 2. The van der Waals surface area contributed by atoms with E-state index in [0.29, 0.717) is 16.5 Å². The summed E-state index contributed by atoms with van der Waals surface area (Å²) < 4.78 is 6.06. The van der Waals surface area contributed by atoms with Crippen molar-refractivity contribution in [3.8, 4) is 11.5 Å².